The van der Waals surface area contributed by atoms with Crippen molar-refractivity contribution in [1.82, 2.24) is 4.98 Å². The van der Waals surface area contributed by atoms with Crippen molar-refractivity contribution in [2.45, 2.75) is 19.8 Å². The lowest BCUT2D eigenvalue weighted by atomic mass is 10.1. The highest BCUT2D eigenvalue weighted by Gasteiger charge is 2.06. The molecule has 0 radical (unpaired) electrons. The van der Waals surface area contributed by atoms with Crippen LogP contribution in [0.25, 0.3) is 0 Å². The maximum absolute atomic E-state index is 4.09. The first-order valence-corrected chi connectivity index (χ1v) is 5.01. The van der Waals surface area contributed by atoms with E-state index < -0.39 is 0 Å². The highest BCUT2D eigenvalue weighted by molar-refractivity contribution is 9.13. The fraction of sp³-hybridized carbons (Fsp3) is 0.375. The molecule has 0 N–H and O–H groups in total. The van der Waals surface area contributed by atoms with Crippen LogP contribution in [-0.2, 0) is 0 Å². The zero-order chi connectivity index (χ0) is 8.43. The van der Waals surface area contributed by atoms with Crippen LogP contribution in [0.15, 0.2) is 21.3 Å². The predicted octanol–water partition coefficient (Wildman–Crippen LogP) is 3.73. The van der Waals surface area contributed by atoms with E-state index in [2.05, 4.69) is 50.7 Å². The van der Waals surface area contributed by atoms with E-state index >= 15 is 0 Å². The second-order valence-electron chi connectivity index (χ2n) is 2.66. The van der Waals surface area contributed by atoms with Gasteiger partial charge in [-0.2, -0.15) is 0 Å². The van der Waals surface area contributed by atoms with Gasteiger partial charge in [0.15, 0.2) is 0 Å². The molecule has 1 aromatic heterocycles. The number of hydrogen-bond donors (Lipinski definition) is 0. The van der Waals surface area contributed by atoms with Gasteiger partial charge >= 0.3 is 0 Å². The van der Waals surface area contributed by atoms with Crippen molar-refractivity contribution in [2.75, 3.05) is 0 Å². The number of halogens is 2. The summed E-state index contributed by atoms with van der Waals surface area (Å²) in [5, 5.41) is 0. The molecule has 0 spiro atoms. The third kappa shape index (κ3) is 2.03. The lowest BCUT2D eigenvalue weighted by Crippen LogP contribution is -1.90. The minimum atomic E-state index is 0.531. The van der Waals surface area contributed by atoms with E-state index in [1.54, 1.807) is 0 Å². The lowest BCUT2D eigenvalue weighted by Gasteiger charge is -2.07. The Kier molecular flexibility index (Phi) is 3.07. The molecule has 0 aromatic carbocycles. The summed E-state index contributed by atoms with van der Waals surface area (Å²) in [4.78, 5) is 4.09. The van der Waals surface area contributed by atoms with Crippen LogP contribution in [0.4, 0.5) is 0 Å². The van der Waals surface area contributed by atoms with E-state index in [9.17, 15) is 0 Å². The summed E-state index contributed by atoms with van der Waals surface area (Å²) in [6, 6.07) is 2.03. The summed E-state index contributed by atoms with van der Waals surface area (Å²) < 4.78 is 1.94. The molecule has 60 valence electrons. The van der Waals surface area contributed by atoms with Crippen molar-refractivity contribution in [1.29, 1.82) is 0 Å². The number of aromatic nitrogens is 1. The van der Waals surface area contributed by atoms with E-state index in [1.807, 2.05) is 12.3 Å². The van der Waals surface area contributed by atoms with Gasteiger partial charge in [-0.25, -0.2) is 4.98 Å². The molecule has 1 nitrogen and oxygen atoms in total. The molecule has 0 bridgehead atoms. The molecule has 0 aliphatic rings. The number of hydrogen-bond acceptors (Lipinski definition) is 1. The van der Waals surface area contributed by atoms with Crippen molar-refractivity contribution >= 4 is 31.9 Å². The first kappa shape index (κ1) is 9.20. The van der Waals surface area contributed by atoms with Crippen molar-refractivity contribution in [3.05, 3.63) is 26.9 Å². The zero-order valence-electron chi connectivity index (χ0n) is 6.44. The lowest BCUT2D eigenvalue weighted by molar-refractivity contribution is 0.854. The van der Waals surface area contributed by atoms with Crippen LogP contribution >= 0.6 is 31.9 Å². The van der Waals surface area contributed by atoms with Gasteiger partial charge in [0.2, 0.25) is 0 Å². The summed E-state index contributed by atoms with van der Waals surface area (Å²) in [5.41, 5.74) is 1.28. The summed E-state index contributed by atoms with van der Waals surface area (Å²) in [5.74, 6) is 0.531. The second-order valence-corrected chi connectivity index (χ2v) is 4.20. The summed E-state index contributed by atoms with van der Waals surface area (Å²) >= 11 is 6.83. The molecule has 1 aromatic rings. The summed E-state index contributed by atoms with van der Waals surface area (Å²) in [6.07, 6.45) is 1.81. The standard InChI is InChI=1S/C8H9Br2N/c1-5(2)6-3-4-11-8(10)7(6)9/h3-5H,1-2H3. The molecular weight excluding hydrogens is 270 g/mol. The Balaban J connectivity index is 3.17. The fourth-order valence-corrected chi connectivity index (χ4v) is 1.92. The summed E-state index contributed by atoms with van der Waals surface area (Å²) in [6.45, 7) is 4.32. The van der Waals surface area contributed by atoms with Gasteiger partial charge in [-0.05, 0) is 49.4 Å². The van der Waals surface area contributed by atoms with Crippen LogP contribution in [0, 0.1) is 0 Å². The highest BCUT2D eigenvalue weighted by Crippen LogP contribution is 2.29. The van der Waals surface area contributed by atoms with Crippen LogP contribution in [0.2, 0.25) is 0 Å². The Morgan fingerprint density at radius 2 is 2.00 bits per heavy atom. The van der Waals surface area contributed by atoms with Gasteiger partial charge in [-0.15, -0.1) is 0 Å². The molecule has 0 saturated heterocycles. The Morgan fingerprint density at radius 3 is 2.45 bits per heavy atom. The van der Waals surface area contributed by atoms with Gasteiger partial charge < -0.3 is 0 Å². The monoisotopic (exact) mass is 277 g/mol. The van der Waals surface area contributed by atoms with E-state index in [0.717, 1.165) is 9.08 Å². The molecule has 1 rings (SSSR count). The average Bonchev–Trinajstić information content (AvgIpc) is 1.94. The molecule has 0 amide bonds. The molecule has 11 heavy (non-hydrogen) atoms. The van der Waals surface area contributed by atoms with Crippen molar-refractivity contribution in [2.24, 2.45) is 0 Å². The van der Waals surface area contributed by atoms with Crippen LogP contribution in [0.5, 0.6) is 0 Å². The Morgan fingerprint density at radius 1 is 1.36 bits per heavy atom. The van der Waals surface area contributed by atoms with Gasteiger partial charge in [0, 0.05) is 6.20 Å². The quantitative estimate of drug-likeness (QED) is 0.714. The molecule has 0 aliphatic carbocycles. The molecule has 0 fully saturated rings. The molecule has 0 atom stereocenters. The minimum absolute atomic E-state index is 0.531. The van der Waals surface area contributed by atoms with E-state index in [4.69, 9.17) is 0 Å². The average molecular weight is 279 g/mol. The molecular formula is C8H9Br2N. The fourth-order valence-electron chi connectivity index (χ4n) is 0.878. The van der Waals surface area contributed by atoms with Crippen molar-refractivity contribution in [3.8, 4) is 0 Å². The highest BCUT2D eigenvalue weighted by atomic mass is 79.9. The van der Waals surface area contributed by atoms with Crippen LogP contribution in [0.1, 0.15) is 25.3 Å². The van der Waals surface area contributed by atoms with Crippen molar-refractivity contribution in [3.63, 3.8) is 0 Å². The predicted molar refractivity (Wildman–Crippen MR) is 53.7 cm³/mol. The topological polar surface area (TPSA) is 12.9 Å². The molecule has 0 unspecified atom stereocenters. The maximum Gasteiger partial charge on any atom is 0.120 e. The summed E-state index contributed by atoms with van der Waals surface area (Å²) in [7, 11) is 0. The van der Waals surface area contributed by atoms with Crippen LogP contribution in [-0.4, -0.2) is 4.98 Å². The maximum atomic E-state index is 4.09. The minimum Gasteiger partial charge on any atom is -0.248 e. The molecule has 0 aliphatic heterocycles. The van der Waals surface area contributed by atoms with E-state index in [-0.39, 0.29) is 0 Å². The van der Waals surface area contributed by atoms with Gasteiger partial charge in [0.1, 0.15) is 4.60 Å². The van der Waals surface area contributed by atoms with E-state index in [1.165, 1.54) is 5.56 Å². The first-order chi connectivity index (χ1) is 5.13. The zero-order valence-corrected chi connectivity index (χ0v) is 9.61. The SMILES string of the molecule is CC(C)c1ccnc(Br)c1Br. The molecule has 1 heterocycles. The van der Waals surface area contributed by atoms with E-state index in [0.29, 0.717) is 5.92 Å². The number of rotatable bonds is 1. The third-order valence-corrected chi connectivity index (χ3v) is 3.47. The number of pyridine rings is 1. The van der Waals surface area contributed by atoms with Gasteiger partial charge in [-0.3, -0.25) is 0 Å². The van der Waals surface area contributed by atoms with Gasteiger partial charge in [-0.1, -0.05) is 13.8 Å². The molecule has 0 saturated carbocycles. The van der Waals surface area contributed by atoms with Gasteiger partial charge in [0.25, 0.3) is 0 Å². The smallest absolute Gasteiger partial charge is 0.120 e. The number of nitrogens with zero attached hydrogens (tertiary/aromatic N) is 1. The van der Waals surface area contributed by atoms with Gasteiger partial charge in [0.05, 0.1) is 4.47 Å². The molecule has 3 heteroatoms. The van der Waals surface area contributed by atoms with Crippen LogP contribution < -0.4 is 0 Å². The normalized spacial score (nSPS) is 10.6. The van der Waals surface area contributed by atoms with Crippen LogP contribution in [0.3, 0.4) is 0 Å². The van der Waals surface area contributed by atoms with Crippen molar-refractivity contribution < 1.29 is 0 Å². The Labute approximate surface area is 83.5 Å². The first-order valence-electron chi connectivity index (χ1n) is 3.43. The second kappa shape index (κ2) is 3.68. The largest absolute Gasteiger partial charge is 0.248 e. The Hall–Kier alpha value is 0.110. The Bertz CT molecular complexity index is 258. The third-order valence-electron chi connectivity index (χ3n) is 1.50.